The van der Waals surface area contributed by atoms with Gasteiger partial charge in [0.2, 0.25) is 5.79 Å². The molecule has 2 rings (SSSR count). The Morgan fingerprint density at radius 1 is 1.33 bits per heavy atom. The van der Waals surface area contributed by atoms with E-state index in [0.717, 1.165) is 5.56 Å². The highest BCUT2D eigenvalue weighted by Crippen LogP contribution is 2.28. The molecule has 5 heteroatoms. The third kappa shape index (κ3) is 3.02. The molecule has 0 amide bonds. The Balaban J connectivity index is 2.09. The first kappa shape index (κ1) is 13.3. The fraction of sp³-hybridized carbons (Fsp3) is 0.462. The van der Waals surface area contributed by atoms with Crippen LogP contribution in [0, 0.1) is 5.92 Å². The number of aliphatic hydroxyl groups excluding tert-OH is 1. The molecule has 0 saturated carbocycles. The zero-order valence-corrected chi connectivity index (χ0v) is 11.0. The summed E-state index contributed by atoms with van der Waals surface area (Å²) in [5.74, 6) is -2.24. The van der Waals surface area contributed by atoms with Crippen LogP contribution in [0.4, 0.5) is 0 Å². The van der Waals surface area contributed by atoms with Crippen molar-refractivity contribution in [3.05, 3.63) is 34.9 Å². The van der Waals surface area contributed by atoms with Gasteiger partial charge in [0.1, 0.15) is 5.92 Å². The van der Waals surface area contributed by atoms with Crippen molar-refractivity contribution in [1.82, 2.24) is 0 Å². The number of hydrogen-bond donors (Lipinski definition) is 1. The minimum Gasteiger partial charge on any atom is -0.433 e. The van der Waals surface area contributed by atoms with Crippen LogP contribution in [0.25, 0.3) is 0 Å². The number of ether oxygens (including phenoxy) is 2. The van der Waals surface area contributed by atoms with Gasteiger partial charge in [-0.1, -0.05) is 23.7 Å². The van der Waals surface area contributed by atoms with Crippen molar-refractivity contribution in [3.63, 3.8) is 0 Å². The summed E-state index contributed by atoms with van der Waals surface area (Å²) in [5.41, 5.74) is 0.892. The minimum absolute atomic E-state index is 0.354. The van der Waals surface area contributed by atoms with Crippen LogP contribution in [0.15, 0.2) is 24.3 Å². The maximum atomic E-state index is 11.8. The number of aliphatic hydroxyl groups is 1. The Morgan fingerprint density at radius 2 is 1.94 bits per heavy atom. The van der Waals surface area contributed by atoms with Gasteiger partial charge in [-0.05, 0) is 24.1 Å². The van der Waals surface area contributed by atoms with E-state index >= 15 is 0 Å². The second-order valence-corrected chi connectivity index (χ2v) is 5.20. The molecule has 1 fully saturated rings. The fourth-order valence-electron chi connectivity index (χ4n) is 1.89. The maximum Gasteiger partial charge on any atom is 0.316 e. The monoisotopic (exact) mass is 270 g/mol. The van der Waals surface area contributed by atoms with Crippen LogP contribution >= 0.6 is 11.6 Å². The van der Waals surface area contributed by atoms with Gasteiger partial charge in [0.05, 0.1) is 0 Å². The van der Waals surface area contributed by atoms with Gasteiger partial charge in [-0.2, -0.15) is 0 Å². The zero-order chi connectivity index (χ0) is 13.3. The van der Waals surface area contributed by atoms with Crippen molar-refractivity contribution < 1.29 is 19.4 Å². The zero-order valence-electron chi connectivity index (χ0n) is 10.2. The van der Waals surface area contributed by atoms with E-state index in [9.17, 15) is 9.90 Å². The van der Waals surface area contributed by atoms with Crippen molar-refractivity contribution in [2.75, 3.05) is 0 Å². The summed E-state index contributed by atoms with van der Waals surface area (Å²) in [7, 11) is 0. The molecular weight excluding hydrogens is 256 g/mol. The number of carbonyl (C=O) groups excluding carboxylic acids is 1. The molecule has 1 aliphatic rings. The van der Waals surface area contributed by atoms with E-state index in [1.165, 1.54) is 0 Å². The molecule has 0 aromatic heterocycles. The predicted octanol–water partition coefficient (Wildman–Crippen LogP) is 2.13. The van der Waals surface area contributed by atoms with Crippen molar-refractivity contribution in [1.29, 1.82) is 0 Å². The van der Waals surface area contributed by atoms with Crippen LogP contribution in [-0.4, -0.2) is 23.2 Å². The molecule has 1 heterocycles. The lowest BCUT2D eigenvalue weighted by Gasteiger charge is -2.37. The number of cyclic esters (lactones) is 1. The fourth-order valence-corrected chi connectivity index (χ4v) is 2.02. The molecule has 18 heavy (non-hydrogen) atoms. The van der Waals surface area contributed by atoms with Crippen LogP contribution in [0.1, 0.15) is 19.4 Å². The van der Waals surface area contributed by atoms with Gasteiger partial charge in [0.15, 0.2) is 6.29 Å². The minimum atomic E-state index is -1.16. The van der Waals surface area contributed by atoms with E-state index in [2.05, 4.69) is 0 Å². The summed E-state index contributed by atoms with van der Waals surface area (Å²) in [6.07, 6.45) is -0.801. The summed E-state index contributed by atoms with van der Waals surface area (Å²) in [6.45, 7) is 3.18. The van der Waals surface area contributed by atoms with E-state index in [4.69, 9.17) is 21.1 Å². The number of hydrogen-bond acceptors (Lipinski definition) is 4. The van der Waals surface area contributed by atoms with Crippen molar-refractivity contribution >= 4 is 17.6 Å². The van der Waals surface area contributed by atoms with Gasteiger partial charge >= 0.3 is 5.97 Å². The van der Waals surface area contributed by atoms with E-state index in [-0.39, 0.29) is 0 Å². The molecule has 1 aromatic rings. The number of rotatable bonds is 2. The molecule has 0 spiro atoms. The second kappa shape index (κ2) is 4.88. The molecule has 0 aliphatic carbocycles. The molecule has 1 saturated heterocycles. The van der Waals surface area contributed by atoms with Gasteiger partial charge in [-0.25, -0.2) is 0 Å². The highest BCUT2D eigenvalue weighted by molar-refractivity contribution is 6.30. The Kier molecular flexibility index (Phi) is 3.61. The van der Waals surface area contributed by atoms with Gasteiger partial charge in [0.25, 0.3) is 0 Å². The summed E-state index contributed by atoms with van der Waals surface area (Å²) in [5, 5.41) is 10.5. The van der Waals surface area contributed by atoms with Gasteiger partial charge in [-0.3, -0.25) is 4.79 Å². The van der Waals surface area contributed by atoms with Crippen LogP contribution in [0.5, 0.6) is 0 Å². The van der Waals surface area contributed by atoms with Gasteiger partial charge < -0.3 is 14.6 Å². The molecule has 1 N–H and O–H groups in total. The highest BCUT2D eigenvalue weighted by atomic mass is 35.5. The van der Waals surface area contributed by atoms with E-state index in [1.807, 2.05) is 12.1 Å². The maximum absolute atomic E-state index is 11.8. The molecule has 0 bridgehead atoms. The summed E-state index contributed by atoms with van der Waals surface area (Å²) < 4.78 is 10.3. The summed E-state index contributed by atoms with van der Waals surface area (Å²) in [6, 6.07) is 7.09. The quantitative estimate of drug-likeness (QED) is 0.837. The highest BCUT2D eigenvalue weighted by Gasteiger charge is 2.42. The van der Waals surface area contributed by atoms with E-state index in [0.29, 0.717) is 11.4 Å². The lowest BCUT2D eigenvalue weighted by molar-refractivity contribution is -0.314. The molecule has 2 atom stereocenters. The van der Waals surface area contributed by atoms with Crippen molar-refractivity contribution in [2.24, 2.45) is 5.92 Å². The molecular formula is C13H15ClO4. The number of benzene rings is 1. The van der Waals surface area contributed by atoms with Gasteiger partial charge in [-0.15, -0.1) is 0 Å². The Hall–Kier alpha value is -1.10. The molecule has 2 unspecified atom stereocenters. The van der Waals surface area contributed by atoms with Crippen LogP contribution in [0.3, 0.4) is 0 Å². The Labute approximate surface area is 110 Å². The largest absolute Gasteiger partial charge is 0.433 e. The first-order valence-electron chi connectivity index (χ1n) is 5.70. The third-order valence-corrected chi connectivity index (χ3v) is 3.02. The summed E-state index contributed by atoms with van der Waals surface area (Å²) in [4.78, 5) is 11.8. The van der Waals surface area contributed by atoms with Gasteiger partial charge in [0, 0.05) is 18.9 Å². The van der Waals surface area contributed by atoms with Crippen LogP contribution in [0.2, 0.25) is 5.02 Å². The molecule has 1 aliphatic heterocycles. The summed E-state index contributed by atoms with van der Waals surface area (Å²) >= 11 is 5.78. The smallest absolute Gasteiger partial charge is 0.316 e. The number of carbonyl (C=O) groups is 1. The van der Waals surface area contributed by atoms with E-state index in [1.54, 1.807) is 26.0 Å². The molecule has 0 radical (unpaired) electrons. The number of halogens is 1. The van der Waals surface area contributed by atoms with Crippen LogP contribution < -0.4 is 0 Å². The predicted molar refractivity (Wildman–Crippen MR) is 65.9 cm³/mol. The lowest BCUT2D eigenvalue weighted by atomic mass is 9.97. The van der Waals surface area contributed by atoms with Crippen molar-refractivity contribution in [3.8, 4) is 0 Å². The average Bonchev–Trinajstić information content (AvgIpc) is 2.24. The van der Waals surface area contributed by atoms with Crippen molar-refractivity contribution in [2.45, 2.75) is 32.3 Å². The first-order valence-corrected chi connectivity index (χ1v) is 6.08. The SMILES string of the molecule is CC1(C)OC(=O)C(Cc2ccc(Cl)cc2)C(O)O1. The lowest BCUT2D eigenvalue weighted by Crippen LogP contribution is -2.49. The average molecular weight is 271 g/mol. The van der Waals surface area contributed by atoms with Crippen LogP contribution in [-0.2, 0) is 20.7 Å². The first-order chi connectivity index (χ1) is 8.37. The molecule has 98 valence electrons. The Morgan fingerprint density at radius 3 is 2.50 bits per heavy atom. The normalized spacial score (nSPS) is 26.8. The molecule has 1 aromatic carbocycles. The van der Waals surface area contributed by atoms with E-state index < -0.39 is 24.0 Å². The topological polar surface area (TPSA) is 55.8 Å². The third-order valence-electron chi connectivity index (χ3n) is 2.77. The standard InChI is InChI=1S/C13H15ClO4/c1-13(2)17-11(15)10(12(16)18-13)7-8-3-5-9(14)6-4-8/h3-6,10-11,15H,7H2,1-2H3. The second-order valence-electron chi connectivity index (χ2n) is 4.77. The Bertz CT molecular complexity index is 441. The molecule has 4 nitrogen and oxygen atoms in total. The number of esters is 1.